The van der Waals surface area contributed by atoms with Crippen molar-refractivity contribution in [2.45, 2.75) is 38.8 Å². The molecule has 0 aromatic heterocycles. The molecule has 10 heteroatoms. The van der Waals surface area contributed by atoms with Crippen molar-refractivity contribution in [3.8, 4) is 0 Å². The Morgan fingerprint density at radius 3 is 2.47 bits per heavy atom. The van der Waals surface area contributed by atoms with E-state index in [1.54, 1.807) is 6.07 Å². The fraction of sp³-hybridized carbons (Fsp3) is 0.455. The first-order chi connectivity index (χ1) is 14.8. The number of halogens is 6. The minimum absolute atomic E-state index is 0.0449. The summed E-state index contributed by atoms with van der Waals surface area (Å²) in [6.07, 6.45) is -1.38. The highest BCUT2D eigenvalue weighted by molar-refractivity contribution is 6.33. The van der Waals surface area contributed by atoms with Crippen molar-refractivity contribution in [1.82, 2.24) is 0 Å². The average Bonchev–Trinajstić information content (AvgIpc) is 3.46. The van der Waals surface area contributed by atoms with Gasteiger partial charge in [-0.05, 0) is 49.5 Å². The summed E-state index contributed by atoms with van der Waals surface area (Å²) in [6.45, 7) is 0.833. The number of allylic oxidation sites excluding steroid dienone is 4. The smallest absolute Gasteiger partial charge is 0.392 e. The number of amides is 1. The monoisotopic (exact) mass is 493 g/mol. The molecule has 0 saturated heterocycles. The molecule has 32 heavy (non-hydrogen) atoms. The number of hydrogen-bond donors (Lipinski definition) is 2. The Balaban J connectivity index is 1.87. The fourth-order valence-electron chi connectivity index (χ4n) is 3.93. The van der Waals surface area contributed by atoms with Crippen LogP contribution >= 0.6 is 23.2 Å². The van der Waals surface area contributed by atoms with Crippen LogP contribution in [0.15, 0.2) is 41.2 Å². The van der Waals surface area contributed by atoms with E-state index < -0.39 is 47.0 Å². The Morgan fingerprint density at radius 1 is 1.28 bits per heavy atom. The first-order valence-corrected chi connectivity index (χ1v) is 10.7. The Kier molecular flexibility index (Phi) is 6.96. The number of carbonyl (C=O) groups excluding carboxylic acids is 1. The van der Waals surface area contributed by atoms with Crippen molar-refractivity contribution in [2.24, 2.45) is 23.2 Å². The summed E-state index contributed by atoms with van der Waals surface area (Å²) in [6, 6.07) is 4.49. The number of aliphatic carboxylic acids is 1. The van der Waals surface area contributed by atoms with Gasteiger partial charge in [-0.15, -0.1) is 0 Å². The standard InChI is InChI=1S/C22H21Cl2F4NO3/c1-11(22(26,27)28)18(14-4-3-13(23)9-16(14)25)19(30)29-17-8-12(2-5-15(17)24)10-21(6-7-21)20(31)32/h2-3,5,8-9,11,14,18H,4,6-7,10H2,1H3,(H,29,30)(H,31,32)/t11-,14?,18+/m1/s1. The predicted molar refractivity (Wildman–Crippen MR) is 113 cm³/mol. The lowest BCUT2D eigenvalue weighted by Gasteiger charge is -2.32. The molecule has 0 bridgehead atoms. The molecule has 1 aromatic carbocycles. The molecule has 2 aliphatic carbocycles. The highest BCUT2D eigenvalue weighted by Gasteiger charge is 2.50. The lowest BCUT2D eigenvalue weighted by molar-refractivity contribution is -0.189. The van der Waals surface area contributed by atoms with Gasteiger partial charge in [0.1, 0.15) is 5.83 Å². The molecule has 4 nitrogen and oxygen atoms in total. The highest BCUT2D eigenvalue weighted by atomic mass is 35.5. The van der Waals surface area contributed by atoms with Gasteiger partial charge < -0.3 is 10.4 Å². The van der Waals surface area contributed by atoms with E-state index >= 15 is 0 Å². The molecule has 2 aliphatic rings. The van der Waals surface area contributed by atoms with Gasteiger partial charge in [-0.1, -0.05) is 42.3 Å². The number of hydrogen-bond acceptors (Lipinski definition) is 2. The van der Waals surface area contributed by atoms with Crippen molar-refractivity contribution >= 4 is 40.8 Å². The number of benzene rings is 1. The summed E-state index contributed by atoms with van der Waals surface area (Å²) in [5.41, 5.74) is -0.253. The minimum Gasteiger partial charge on any atom is -0.481 e. The van der Waals surface area contributed by atoms with Crippen molar-refractivity contribution in [1.29, 1.82) is 0 Å². The van der Waals surface area contributed by atoms with Crippen molar-refractivity contribution < 1.29 is 32.3 Å². The van der Waals surface area contributed by atoms with Gasteiger partial charge in [0, 0.05) is 11.0 Å². The van der Waals surface area contributed by atoms with Crippen LogP contribution in [-0.4, -0.2) is 23.2 Å². The Labute approximate surface area is 192 Å². The lowest BCUT2D eigenvalue weighted by Crippen LogP contribution is -2.41. The molecule has 0 aliphatic heterocycles. The van der Waals surface area contributed by atoms with Gasteiger partial charge in [0.2, 0.25) is 5.91 Å². The molecule has 1 saturated carbocycles. The molecule has 0 spiro atoms. The summed E-state index contributed by atoms with van der Waals surface area (Å²) >= 11 is 11.9. The summed E-state index contributed by atoms with van der Waals surface area (Å²) in [7, 11) is 0. The van der Waals surface area contributed by atoms with Crippen LogP contribution < -0.4 is 5.32 Å². The van der Waals surface area contributed by atoms with Crippen LogP contribution in [0.2, 0.25) is 5.02 Å². The maximum absolute atomic E-state index is 14.5. The van der Waals surface area contributed by atoms with Gasteiger partial charge >= 0.3 is 12.1 Å². The molecule has 0 radical (unpaired) electrons. The Bertz CT molecular complexity index is 986. The molecule has 1 amide bonds. The molecule has 1 aromatic rings. The summed E-state index contributed by atoms with van der Waals surface area (Å²) in [4.78, 5) is 24.4. The Morgan fingerprint density at radius 2 is 1.94 bits per heavy atom. The van der Waals surface area contributed by atoms with Crippen molar-refractivity contribution in [2.75, 3.05) is 5.32 Å². The number of carboxylic acids is 1. The number of rotatable bonds is 7. The van der Waals surface area contributed by atoms with E-state index in [9.17, 15) is 32.3 Å². The van der Waals surface area contributed by atoms with Crippen LogP contribution in [0.25, 0.3) is 0 Å². The normalized spacial score (nSPS) is 21.8. The molecule has 0 heterocycles. The largest absolute Gasteiger partial charge is 0.481 e. The van der Waals surface area contributed by atoms with Gasteiger partial charge in [-0.3, -0.25) is 9.59 Å². The number of carboxylic acid groups (broad SMARTS) is 1. The van der Waals surface area contributed by atoms with Gasteiger partial charge in [-0.2, -0.15) is 13.2 Å². The lowest BCUT2D eigenvalue weighted by atomic mass is 9.77. The van der Waals surface area contributed by atoms with Crippen LogP contribution in [0.5, 0.6) is 0 Å². The highest BCUT2D eigenvalue weighted by Crippen LogP contribution is 2.49. The zero-order chi connectivity index (χ0) is 23.8. The summed E-state index contributed by atoms with van der Waals surface area (Å²) in [5.74, 6) is -8.10. The van der Waals surface area contributed by atoms with Crippen molar-refractivity contribution in [3.05, 3.63) is 51.8 Å². The number of anilines is 1. The van der Waals surface area contributed by atoms with Gasteiger partial charge in [0.15, 0.2) is 0 Å². The quantitative estimate of drug-likeness (QED) is 0.426. The first kappa shape index (κ1) is 24.6. The van der Waals surface area contributed by atoms with Crippen LogP contribution in [0.1, 0.15) is 31.7 Å². The van der Waals surface area contributed by atoms with E-state index in [2.05, 4.69) is 5.32 Å². The third-order valence-electron chi connectivity index (χ3n) is 6.13. The summed E-state index contributed by atoms with van der Waals surface area (Å²) < 4.78 is 55.1. The molecule has 2 N–H and O–H groups in total. The molecular weight excluding hydrogens is 473 g/mol. The van der Waals surface area contributed by atoms with E-state index in [4.69, 9.17) is 23.2 Å². The van der Waals surface area contributed by atoms with Crippen LogP contribution in [0, 0.1) is 23.2 Å². The SMILES string of the molecule is C[C@H]([C@H](C(=O)Nc1cc(CC2(C(=O)O)CC2)ccc1Cl)C1CC=C(Cl)C=C1F)C(F)(F)F. The van der Waals surface area contributed by atoms with Gasteiger partial charge in [-0.25, -0.2) is 4.39 Å². The zero-order valence-corrected chi connectivity index (χ0v) is 18.5. The summed E-state index contributed by atoms with van der Waals surface area (Å²) in [5, 5.41) is 11.9. The number of alkyl halides is 3. The van der Waals surface area contributed by atoms with Crippen LogP contribution in [-0.2, 0) is 16.0 Å². The molecule has 3 rings (SSSR count). The maximum atomic E-state index is 14.5. The second-order valence-electron chi connectivity index (χ2n) is 8.38. The molecular formula is C22H21Cl2F4NO3. The van der Waals surface area contributed by atoms with Crippen LogP contribution in [0.4, 0.5) is 23.2 Å². The van der Waals surface area contributed by atoms with E-state index in [1.807, 2.05) is 0 Å². The average molecular weight is 494 g/mol. The van der Waals surface area contributed by atoms with E-state index in [0.717, 1.165) is 13.0 Å². The second-order valence-corrected chi connectivity index (χ2v) is 9.23. The predicted octanol–water partition coefficient (Wildman–Crippen LogP) is 6.50. The third kappa shape index (κ3) is 5.29. The van der Waals surface area contributed by atoms with E-state index in [1.165, 1.54) is 18.2 Å². The van der Waals surface area contributed by atoms with E-state index in [-0.39, 0.29) is 28.6 Å². The molecule has 174 valence electrons. The third-order valence-corrected chi connectivity index (χ3v) is 6.72. The zero-order valence-electron chi connectivity index (χ0n) is 17.0. The maximum Gasteiger partial charge on any atom is 0.392 e. The van der Waals surface area contributed by atoms with E-state index in [0.29, 0.717) is 18.4 Å². The molecule has 3 atom stereocenters. The topological polar surface area (TPSA) is 66.4 Å². The van der Waals surface area contributed by atoms with Crippen molar-refractivity contribution in [3.63, 3.8) is 0 Å². The molecule has 1 unspecified atom stereocenters. The van der Waals surface area contributed by atoms with Gasteiger partial charge in [0.05, 0.1) is 28.0 Å². The minimum atomic E-state index is -4.74. The fourth-order valence-corrected chi connectivity index (χ4v) is 4.29. The van der Waals surface area contributed by atoms with Gasteiger partial charge in [0.25, 0.3) is 0 Å². The Hall–Kier alpha value is -2.06. The van der Waals surface area contributed by atoms with Crippen LogP contribution in [0.3, 0.4) is 0 Å². The second kappa shape index (κ2) is 9.06. The first-order valence-electron chi connectivity index (χ1n) is 9.96. The molecule has 1 fully saturated rings. The number of nitrogens with one attached hydrogen (secondary N) is 1. The number of carbonyl (C=O) groups is 2.